The van der Waals surface area contributed by atoms with Crippen LogP contribution < -0.4 is 5.73 Å². The summed E-state index contributed by atoms with van der Waals surface area (Å²) in [4.78, 5) is 2.52. The first kappa shape index (κ1) is 14.9. The van der Waals surface area contributed by atoms with Crippen LogP contribution in [0.1, 0.15) is 53.4 Å². The van der Waals surface area contributed by atoms with Gasteiger partial charge in [-0.1, -0.05) is 13.8 Å². The molecule has 1 rings (SSSR count). The summed E-state index contributed by atoms with van der Waals surface area (Å²) in [5, 5.41) is 0. The molecule has 3 heteroatoms. The predicted molar refractivity (Wildman–Crippen MR) is 73.2 cm³/mol. The van der Waals surface area contributed by atoms with Crippen LogP contribution in [0.25, 0.3) is 0 Å². The highest BCUT2D eigenvalue weighted by Crippen LogP contribution is 2.30. The summed E-state index contributed by atoms with van der Waals surface area (Å²) in [6.07, 6.45) is 5.17. The maximum absolute atomic E-state index is 6.08. The van der Waals surface area contributed by atoms with Gasteiger partial charge in [0.2, 0.25) is 0 Å². The fourth-order valence-corrected chi connectivity index (χ4v) is 2.86. The van der Waals surface area contributed by atoms with E-state index in [1.165, 1.54) is 25.7 Å². The maximum atomic E-state index is 6.08. The molecule has 1 fully saturated rings. The molecule has 0 amide bonds. The summed E-state index contributed by atoms with van der Waals surface area (Å²) < 4.78 is 6.08. The van der Waals surface area contributed by atoms with Crippen molar-refractivity contribution in [3.05, 3.63) is 0 Å². The van der Waals surface area contributed by atoms with Gasteiger partial charge < -0.3 is 10.5 Å². The molecule has 0 bridgehead atoms. The van der Waals surface area contributed by atoms with Crippen molar-refractivity contribution in [2.45, 2.75) is 71.1 Å². The summed E-state index contributed by atoms with van der Waals surface area (Å²) in [7, 11) is 0. The Morgan fingerprint density at radius 1 is 1.35 bits per heavy atom. The summed E-state index contributed by atoms with van der Waals surface area (Å²) >= 11 is 0. The first-order valence-electron chi connectivity index (χ1n) is 7.14. The molecular weight excluding hydrogens is 212 g/mol. The molecule has 1 aliphatic rings. The molecule has 2 N–H and O–H groups in total. The molecular formula is C14H30N2O. The highest BCUT2D eigenvalue weighted by molar-refractivity contribution is 4.84. The molecule has 0 aliphatic carbocycles. The van der Waals surface area contributed by atoms with E-state index in [1.54, 1.807) is 0 Å². The minimum Gasteiger partial charge on any atom is -0.371 e. The van der Waals surface area contributed by atoms with E-state index in [-0.39, 0.29) is 5.60 Å². The number of rotatable bonds is 7. The van der Waals surface area contributed by atoms with Crippen LogP contribution in [-0.4, -0.2) is 42.3 Å². The highest BCUT2D eigenvalue weighted by Gasteiger charge is 2.33. The monoisotopic (exact) mass is 242 g/mol. The SMILES string of the molecule is CCC(CC)N(CCN)CC1CCC(C)(C)O1. The second kappa shape index (κ2) is 6.72. The summed E-state index contributed by atoms with van der Waals surface area (Å²) in [6, 6.07) is 0.658. The summed E-state index contributed by atoms with van der Waals surface area (Å²) in [5.41, 5.74) is 5.80. The third-order valence-electron chi connectivity index (χ3n) is 3.87. The van der Waals surface area contributed by atoms with E-state index < -0.39 is 0 Å². The molecule has 0 aromatic rings. The standard InChI is InChI=1S/C14H30N2O/c1-5-12(6-2)16(10-9-15)11-13-7-8-14(3,4)17-13/h12-13H,5-11,15H2,1-4H3. The van der Waals surface area contributed by atoms with Crippen molar-refractivity contribution in [2.24, 2.45) is 5.73 Å². The molecule has 0 aromatic heterocycles. The van der Waals surface area contributed by atoms with Gasteiger partial charge in [0, 0.05) is 25.7 Å². The van der Waals surface area contributed by atoms with E-state index in [4.69, 9.17) is 10.5 Å². The molecule has 0 radical (unpaired) electrons. The number of nitrogens with two attached hydrogens (primary N) is 1. The largest absolute Gasteiger partial charge is 0.371 e. The van der Waals surface area contributed by atoms with Crippen molar-refractivity contribution in [3.63, 3.8) is 0 Å². The second-order valence-electron chi connectivity index (χ2n) is 5.79. The van der Waals surface area contributed by atoms with E-state index in [0.717, 1.165) is 19.6 Å². The third-order valence-corrected chi connectivity index (χ3v) is 3.87. The van der Waals surface area contributed by atoms with Gasteiger partial charge in [-0.05, 0) is 39.5 Å². The average Bonchev–Trinajstić information content (AvgIpc) is 2.60. The van der Waals surface area contributed by atoms with Crippen molar-refractivity contribution >= 4 is 0 Å². The van der Waals surface area contributed by atoms with Gasteiger partial charge in [-0.25, -0.2) is 0 Å². The summed E-state index contributed by atoms with van der Waals surface area (Å²) in [6.45, 7) is 11.7. The van der Waals surface area contributed by atoms with Gasteiger partial charge in [0.1, 0.15) is 0 Å². The van der Waals surface area contributed by atoms with E-state index >= 15 is 0 Å². The van der Waals surface area contributed by atoms with Gasteiger partial charge in [-0.2, -0.15) is 0 Å². The van der Waals surface area contributed by atoms with E-state index in [0.29, 0.717) is 12.1 Å². The molecule has 3 nitrogen and oxygen atoms in total. The van der Waals surface area contributed by atoms with Crippen LogP contribution in [0, 0.1) is 0 Å². The van der Waals surface area contributed by atoms with Crippen LogP contribution in [0.2, 0.25) is 0 Å². The fraction of sp³-hybridized carbons (Fsp3) is 1.00. The lowest BCUT2D eigenvalue weighted by molar-refractivity contribution is -0.0338. The first-order chi connectivity index (χ1) is 8.02. The zero-order chi connectivity index (χ0) is 12.9. The Kier molecular flexibility index (Phi) is 5.90. The Bertz CT molecular complexity index is 214. The van der Waals surface area contributed by atoms with Crippen molar-refractivity contribution < 1.29 is 4.74 Å². The lowest BCUT2D eigenvalue weighted by Crippen LogP contribution is -2.43. The van der Waals surface area contributed by atoms with E-state index in [9.17, 15) is 0 Å². The molecule has 102 valence electrons. The lowest BCUT2D eigenvalue weighted by Gasteiger charge is -2.32. The number of hydrogen-bond acceptors (Lipinski definition) is 3. The lowest BCUT2D eigenvalue weighted by atomic mass is 10.0. The number of nitrogens with zero attached hydrogens (tertiary/aromatic N) is 1. The Labute approximate surface area is 107 Å². The fourth-order valence-electron chi connectivity index (χ4n) is 2.86. The number of ether oxygens (including phenoxy) is 1. The molecule has 1 heterocycles. The smallest absolute Gasteiger partial charge is 0.0710 e. The second-order valence-corrected chi connectivity index (χ2v) is 5.79. The summed E-state index contributed by atoms with van der Waals surface area (Å²) in [5.74, 6) is 0. The molecule has 17 heavy (non-hydrogen) atoms. The minimum absolute atomic E-state index is 0.0764. The topological polar surface area (TPSA) is 38.5 Å². The van der Waals surface area contributed by atoms with Crippen LogP contribution in [0.3, 0.4) is 0 Å². The maximum Gasteiger partial charge on any atom is 0.0710 e. The van der Waals surface area contributed by atoms with Crippen molar-refractivity contribution in [1.29, 1.82) is 0 Å². The Hall–Kier alpha value is -0.120. The zero-order valence-corrected chi connectivity index (χ0v) is 12.0. The molecule has 0 spiro atoms. The van der Waals surface area contributed by atoms with Crippen LogP contribution in [-0.2, 0) is 4.74 Å². The Morgan fingerprint density at radius 3 is 2.41 bits per heavy atom. The van der Waals surface area contributed by atoms with E-state index in [1.807, 2.05) is 0 Å². The quantitative estimate of drug-likeness (QED) is 0.745. The van der Waals surface area contributed by atoms with Gasteiger partial charge in [-0.15, -0.1) is 0 Å². The molecule has 0 saturated carbocycles. The average molecular weight is 242 g/mol. The van der Waals surface area contributed by atoms with Crippen molar-refractivity contribution in [2.75, 3.05) is 19.6 Å². The molecule has 1 saturated heterocycles. The van der Waals surface area contributed by atoms with Crippen LogP contribution in [0.4, 0.5) is 0 Å². The van der Waals surface area contributed by atoms with Crippen molar-refractivity contribution in [1.82, 2.24) is 4.90 Å². The van der Waals surface area contributed by atoms with Crippen LogP contribution in [0.5, 0.6) is 0 Å². The Morgan fingerprint density at radius 2 is 2.00 bits per heavy atom. The van der Waals surface area contributed by atoms with Crippen molar-refractivity contribution in [3.8, 4) is 0 Å². The minimum atomic E-state index is 0.0764. The first-order valence-corrected chi connectivity index (χ1v) is 7.14. The van der Waals surface area contributed by atoms with Gasteiger partial charge in [0.15, 0.2) is 0 Å². The third kappa shape index (κ3) is 4.57. The predicted octanol–water partition coefficient (Wildman–Crippen LogP) is 2.39. The van der Waals surface area contributed by atoms with Gasteiger partial charge >= 0.3 is 0 Å². The van der Waals surface area contributed by atoms with Gasteiger partial charge in [-0.3, -0.25) is 4.90 Å². The molecule has 1 aliphatic heterocycles. The van der Waals surface area contributed by atoms with Gasteiger partial charge in [0.05, 0.1) is 11.7 Å². The Balaban J connectivity index is 2.49. The molecule has 1 unspecified atom stereocenters. The molecule has 1 atom stereocenters. The van der Waals surface area contributed by atoms with Crippen LogP contribution in [0.15, 0.2) is 0 Å². The van der Waals surface area contributed by atoms with Crippen LogP contribution >= 0.6 is 0 Å². The zero-order valence-electron chi connectivity index (χ0n) is 12.0. The highest BCUT2D eigenvalue weighted by atomic mass is 16.5. The normalized spacial score (nSPS) is 23.8. The van der Waals surface area contributed by atoms with E-state index in [2.05, 4.69) is 32.6 Å². The molecule has 0 aromatic carbocycles. The van der Waals surface area contributed by atoms with Gasteiger partial charge in [0.25, 0.3) is 0 Å². The number of hydrogen-bond donors (Lipinski definition) is 1.